The van der Waals surface area contributed by atoms with E-state index in [9.17, 15) is 30.0 Å². The van der Waals surface area contributed by atoms with Crippen molar-refractivity contribution in [2.24, 2.45) is 0 Å². The van der Waals surface area contributed by atoms with E-state index in [4.69, 9.17) is 15.2 Å². The number of anilines is 3. The van der Waals surface area contributed by atoms with Crippen molar-refractivity contribution < 1.29 is 34.7 Å². The molecule has 10 N–H and O–H groups in total. The molecule has 1 saturated heterocycles. The molecule has 3 rings (SSSR count). The van der Waals surface area contributed by atoms with Crippen LogP contribution < -0.4 is 27.2 Å². The number of fused-ring (bicyclic) bond motifs is 1. The molecule has 0 radical (unpaired) electrons. The van der Waals surface area contributed by atoms with Gasteiger partial charge in [0, 0.05) is 13.5 Å². The third kappa shape index (κ3) is 4.89. The van der Waals surface area contributed by atoms with E-state index in [0.717, 1.165) is 0 Å². The highest BCUT2D eigenvalue weighted by molar-refractivity contribution is 5.73. The Balaban J connectivity index is 1.71. The summed E-state index contributed by atoms with van der Waals surface area (Å²) in [7, 11) is 0. The highest BCUT2D eigenvalue weighted by Gasteiger charge is 2.46. The second-order valence-electron chi connectivity index (χ2n) is 7.57. The van der Waals surface area contributed by atoms with Crippen molar-refractivity contribution in [3.05, 3.63) is 10.4 Å². The number of aromatic amines is 1. The second kappa shape index (κ2) is 9.33. The molecule has 0 saturated carbocycles. The Kier molecular flexibility index (Phi) is 6.98. The minimum atomic E-state index is -1.47. The fourth-order valence-corrected chi connectivity index (χ4v) is 3.61. The molecular weight excluding hydrogens is 416 g/mol. The van der Waals surface area contributed by atoms with Crippen molar-refractivity contribution in [1.29, 1.82) is 0 Å². The molecule has 1 aromatic heterocycles. The summed E-state index contributed by atoms with van der Waals surface area (Å²) in [5, 5.41) is 48.8. The number of ether oxygens (including phenoxy) is 2. The van der Waals surface area contributed by atoms with Gasteiger partial charge in [0.05, 0.1) is 18.8 Å². The monoisotopic (exact) mass is 444 g/mol. The summed E-state index contributed by atoms with van der Waals surface area (Å²) in [6.07, 6.45) is -7.42. The lowest BCUT2D eigenvalue weighted by Gasteiger charge is -2.43. The molecule has 31 heavy (non-hydrogen) atoms. The first-order chi connectivity index (χ1) is 14.6. The number of aliphatic hydroxyl groups is 4. The van der Waals surface area contributed by atoms with Gasteiger partial charge in [0.25, 0.3) is 5.56 Å². The Morgan fingerprint density at radius 2 is 2.13 bits per heavy atom. The third-order valence-electron chi connectivity index (χ3n) is 5.25. The molecule has 14 nitrogen and oxygen atoms in total. The molecular formula is C17H28N6O8. The number of hydrogen-bond donors (Lipinski definition) is 9. The van der Waals surface area contributed by atoms with E-state index in [2.05, 4.69) is 25.9 Å². The van der Waals surface area contributed by atoms with Crippen LogP contribution in [0.15, 0.2) is 4.79 Å². The van der Waals surface area contributed by atoms with Crippen LogP contribution in [0, 0.1) is 0 Å². The number of nitrogens with zero attached hydrogens (tertiary/aromatic N) is 1. The lowest BCUT2D eigenvalue weighted by atomic mass is 9.96. The first-order valence-electron chi connectivity index (χ1n) is 9.75. The zero-order valence-corrected chi connectivity index (χ0v) is 17.0. The van der Waals surface area contributed by atoms with E-state index in [1.54, 1.807) is 0 Å². The number of amides is 1. The summed E-state index contributed by atoms with van der Waals surface area (Å²) in [5.74, 6) is -0.293. The van der Waals surface area contributed by atoms with Gasteiger partial charge in [-0.05, 0) is 6.92 Å². The van der Waals surface area contributed by atoms with Gasteiger partial charge >= 0.3 is 0 Å². The van der Waals surface area contributed by atoms with Crippen LogP contribution >= 0.6 is 0 Å². The number of carbonyl (C=O) groups excluding carboxylic acids is 1. The predicted octanol–water partition coefficient (Wildman–Crippen LogP) is -3.73. The largest absolute Gasteiger partial charge is 0.394 e. The van der Waals surface area contributed by atoms with Crippen LogP contribution in [0.5, 0.6) is 0 Å². The molecule has 3 heterocycles. The summed E-state index contributed by atoms with van der Waals surface area (Å²) in [6.45, 7) is 2.36. The average molecular weight is 444 g/mol. The maximum Gasteiger partial charge on any atom is 0.277 e. The van der Waals surface area contributed by atoms with Crippen LogP contribution in [0.4, 0.5) is 17.5 Å². The lowest BCUT2D eigenvalue weighted by Crippen LogP contribution is -2.65. The molecule has 0 bridgehead atoms. The Bertz CT molecular complexity index is 852. The average Bonchev–Trinajstić information content (AvgIpc) is 2.72. The molecule has 1 fully saturated rings. The summed E-state index contributed by atoms with van der Waals surface area (Å²) in [5.41, 5.74) is 5.12. The predicted molar refractivity (Wildman–Crippen MR) is 107 cm³/mol. The molecule has 1 aromatic rings. The van der Waals surface area contributed by atoms with Gasteiger partial charge in [-0.25, -0.2) is 0 Å². The molecule has 8 atom stereocenters. The molecule has 1 amide bonds. The maximum atomic E-state index is 12.1. The van der Waals surface area contributed by atoms with Crippen LogP contribution in [0.1, 0.15) is 13.8 Å². The highest BCUT2D eigenvalue weighted by Crippen LogP contribution is 2.26. The molecule has 0 aliphatic carbocycles. The molecule has 14 heteroatoms. The second-order valence-corrected chi connectivity index (χ2v) is 7.57. The van der Waals surface area contributed by atoms with Crippen molar-refractivity contribution >= 4 is 23.4 Å². The fraction of sp³-hybridized carbons (Fsp3) is 0.706. The zero-order chi connectivity index (χ0) is 22.9. The minimum absolute atomic E-state index is 0.0496. The summed E-state index contributed by atoms with van der Waals surface area (Å²) >= 11 is 0. The topological polar surface area (TPSA) is 224 Å². The van der Waals surface area contributed by atoms with Crippen LogP contribution in [0.2, 0.25) is 0 Å². The first kappa shape index (κ1) is 23.2. The normalized spacial score (nSPS) is 32.2. The number of H-pyrrole nitrogens is 1. The summed E-state index contributed by atoms with van der Waals surface area (Å²) < 4.78 is 11.3. The van der Waals surface area contributed by atoms with Crippen LogP contribution in [-0.4, -0.2) is 98.3 Å². The van der Waals surface area contributed by atoms with E-state index in [1.165, 1.54) is 13.8 Å². The number of aliphatic hydroxyl groups excluding tert-OH is 4. The van der Waals surface area contributed by atoms with E-state index >= 15 is 0 Å². The maximum absolute atomic E-state index is 12.1. The van der Waals surface area contributed by atoms with Crippen molar-refractivity contribution in [3.63, 3.8) is 0 Å². The van der Waals surface area contributed by atoms with Crippen molar-refractivity contribution in [3.8, 4) is 0 Å². The van der Waals surface area contributed by atoms with Gasteiger partial charge in [0.2, 0.25) is 11.9 Å². The number of nitrogens with one attached hydrogen (secondary N) is 4. The third-order valence-corrected chi connectivity index (χ3v) is 5.25. The van der Waals surface area contributed by atoms with E-state index < -0.39 is 67.0 Å². The van der Waals surface area contributed by atoms with Crippen molar-refractivity contribution in [1.82, 2.24) is 15.3 Å². The van der Waals surface area contributed by atoms with Gasteiger partial charge in [0.1, 0.15) is 36.1 Å². The van der Waals surface area contributed by atoms with Crippen molar-refractivity contribution in [2.45, 2.75) is 62.7 Å². The van der Waals surface area contributed by atoms with E-state index in [0.29, 0.717) is 0 Å². The van der Waals surface area contributed by atoms with Gasteiger partial charge in [-0.1, -0.05) is 0 Å². The van der Waals surface area contributed by atoms with E-state index in [1.807, 2.05) is 0 Å². The molecule has 174 valence electrons. The Hall–Kier alpha value is -2.49. The van der Waals surface area contributed by atoms with Gasteiger partial charge in [-0.2, -0.15) is 4.98 Å². The lowest BCUT2D eigenvalue weighted by molar-refractivity contribution is -0.287. The summed E-state index contributed by atoms with van der Waals surface area (Å²) in [6, 6.07) is -1.81. The van der Waals surface area contributed by atoms with Crippen LogP contribution in [0.3, 0.4) is 0 Å². The van der Waals surface area contributed by atoms with Gasteiger partial charge in [0.15, 0.2) is 12.1 Å². The van der Waals surface area contributed by atoms with Crippen molar-refractivity contribution in [2.75, 3.05) is 29.5 Å². The molecule has 2 aliphatic rings. The smallest absolute Gasteiger partial charge is 0.277 e. The molecule has 2 aliphatic heterocycles. The zero-order valence-electron chi connectivity index (χ0n) is 17.0. The number of nitrogens with two attached hydrogens (primary N) is 1. The molecule has 0 aromatic carbocycles. The van der Waals surface area contributed by atoms with Gasteiger partial charge in [-0.15, -0.1) is 0 Å². The number of rotatable bonds is 6. The van der Waals surface area contributed by atoms with Gasteiger partial charge in [-0.3, -0.25) is 14.6 Å². The molecule has 0 spiro atoms. The number of carbonyl (C=O) groups is 1. The number of nitrogen functional groups attached to an aromatic ring is 1. The Morgan fingerprint density at radius 1 is 1.42 bits per heavy atom. The number of aromatic nitrogens is 2. The SMILES string of the molecule is CC(=O)NC1C(OC(C)C(O)C2CNc3nc(N)[nH]c(=O)c3N2)OC(CO)C(O)C1O. The Morgan fingerprint density at radius 3 is 2.77 bits per heavy atom. The Labute approximate surface area is 176 Å². The fourth-order valence-electron chi connectivity index (χ4n) is 3.61. The minimum Gasteiger partial charge on any atom is -0.394 e. The standard InChI is InChI=1S/C17H28N6O8/c1-5(11(26)7-3-19-14-10(21-7)15(29)23-17(18)22-14)30-16-9(20-6(2)25)13(28)12(27)8(4-24)31-16/h5,7-9,11-13,16,21,24,26-28H,3-4H2,1-2H3,(H,20,25)(H4,18,19,22,23,29). The number of hydrogen-bond acceptors (Lipinski definition) is 12. The van der Waals surface area contributed by atoms with E-state index in [-0.39, 0.29) is 24.0 Å². The summed E-state index contributed by atoms with van der Waals surface area (Å²) in [4.78, 5) is 30.0. The first-order valence-corrected chi connectivity index (χ1v) is 9.75. The molecule has 8 unspecified atom stereocenters. The highest BCUT2D eigenvalue weighted by atomic mass is 16.7. The van der Waals surface area contributed by atoms with Crippen LogP contribution in [0.25, 0.3) is 0 Å². The van der Waals surface area contributed by atoms with Gasteiger partial charge < -0.3 is 51.6 Å². The quantitative estimate of drug-likeness (QED) is 0.206. The van der Waals surface area contributed by atoms with Crippen LogP contribution in [-0.2, 0) is 14.3 Å².